The number of nitrogens with one attached hydrogen (secondary N) is 1. The number of aromatic nitrogens is 2. The van der Waals surface area contributed by atoms with Crippen LogP contribution in [0.1, 0.15) is 26.7 Å². The van der Waals surface area contributed by atoms with Gasteiger partial charge in [0.1, 0.15) is 0 Å². The molecule has 1 aliphatic heterocycles. The van der Waals surface area contributed by atoms with Crippen LogP contribution in [0.3, 0.4) is 0 Å². The summed E-state index contributed by atoms with van der Waals surface area (Å²) in [5.41, 5.74) is 0.554. The van der Waals surface area contributed by atoms with Crippen LogP contribution < -0.4 is 5.32 Å². The van der Waals surface area contributed by atoms with Crippen LogP contribution in [-0.4, -0.2) is 51.2 Å². The van der Waals surface area contributed by atoms with E-state index in [2.05, 4.69) is 24.3 Å². The third-order valence-electron chi connectivity index (χ3n) is 4.05. The number of hydrogen-bond donors (Lipinski definition) is 2. The van der Waals surface area contributed by atoms with Crippen molar-refractivity contribution in [2.75, 3.05) is 18.4 Å². The second-order valence-electron chi connectivity index (χ2n) is 6.59. The SMILES string of the molecule is CC(C)Cn1cc(NC(=O)N2CCC(C(O)C(F)(F)F)CC2)cn1. The van der Waals surface area contributed by atoms with E-state index in [1.165, 1.54) is 4.90 Å². The lowest BCUT2D eigenvalue weighted by atomic mass is 9.91. The fraction of sp³-hybridized carbons (Fsp3) is 0.733. The van der Waals surface area contributed by atoms with Gasteiger partial charge in [-0.1, -0.05) is 13.8 Å². The summed E-state index contributed by atoms with van der Waals surface area (Å²) in [6.07, 6.45) is -3.42. The van der Waals surface area contributed by atoms with Crippen LogP contribution in [0.25, 0.3) is 0 Å². The minimum absolute atomic E-state index is 0.126. The zero-order chi connectivity index (χ0) is 17.9. The largest absolute Gasteiger partial charge is 0.414 e. The molecular formula is C15H23F3N4O2. The Labute approximate surface area is 138 Å². The smallest absolute Gasteiger partial charge is 0.383 e. The molecule has 1 saturated heterocycles. The van der Waals surface area contributed by atoms with Gasteiger partial charge in [-0.3, -0.25) is 4.68 Å². The maximum absolute atomic E-state index is 12.5. The van der Waals surface area contributed by atoms with Crippen LogP contribution in [0.4, 0.5) is 23.7 Å². The van der Waals surface area contributed by atoms with E-state index in [-0.39, 0.29) is 32.0 Å². The van der Waals surface area contributed by atoms with E-state index in [0.717, 1.165) is 6.54 Å². The second-order valence-corrected chi connectivity index (χ2v) is 6.59. The summed E-state index contributed by atoms with van der Waals surface area (Å²) in [4.78, 5) is 13.6. The molecule has 2 heterocycles. The molecule has 1 atom stereocenters. The number of aliphatic hydroxyl groups excluding tert-OH is 1. The van der Waals surface area contributed by atoms with Gasteiger partial charge in [-0.15, -0.1) is 0 Å². The first-order valence-corrected chi connectivity index (χ1v) is 8.00. The normalized spacial score (nSPS) is 18.0. The molecule has 24 heavy (non-hydrogen) atoms. The summed E-state index contributed by atoms with van der Waals surface area (Å²) in [6.45, 7) is 5.21. The molecule has 0 spiro atoms. The number of aliphatic hydroxyl groups is 1. The number of piperidine rings is 1. The summed E-state index contributed by atoms with van der Waals surface area (Å²) in [5, 5.41) is 16.1. The van der Waals surface area contributed by atoms with Gasteiger partial charge in [-0.25, -0.2) is 4.79 Å². The van der Waals surface area contributed by atoms with E-state index in [0.29, 0.717) is 11.6 Å². The van der Waals surface area contributed by atoms with Crippen LogP contribution in [-0.2, 0) is 6.54 Å². The molecule has 9 heteroatoms. The molecule has 1 aliphatic rings. The van der Waals surface area contributed by atoms with Crippen LogP contribution in [0.15, 0.2) is 12.4 Å². The van der Waals surface area contributed by atoms with Crippen molar-refractivity contribution in [3.05, 3.63) is 12.4 Å². The Kier molecular flexibility index (Phi) is 5.74. The highest BCUT2D eigenvalue weighted by Gasteiger charge is 2.44. The molecule has 0 aromatic carbocycles. The number of carbonyl (C=O) groups excluding carboxylic acids is 1. The molecule has 1 aromatic heterocycles. The first-order chi connectivity index (χ1) is 11.2. The van der Waals surface area contributed by atoms with E-state index in [4.69, 9.17) is 0 Å². The van der Waals surface area contributed by atoms with Gasteiger partial charge in [-0.2, -0.15) is 18.3 Å². The van der Waals surface area contributed by atoms with E-state index in [9.17, 15) is 23.1 Å². The number of urea groups is 1. The predicted molar refractivity (Wildman–Crippen MR) is 82.4 cm³/mol. The lowest BCUT2D eigenvalue weighted by molar-refractivity contribution is -0.222. The van der Waals surface area contributed by atoms with Gasteiger partial charge in [0, 0.05) is 25.8 Å². The first-order valence-electron chi connectivity index (χ1n) is 8.00. The molecule has 0 saturated carbocycles. The number of anilines is 1. The van der Waals surface area contributed by atoms with Gasteiger partial charge < -0.3 is 15.3 Å². The van der Waals surface area contributed by atoms with Crippen molar-refractivity contribution in [2.24, 2.45) is 11.8 Å². The molecule has 0 radical (unpaired) electrons. The van der Waals surface area contributed by atoms with Crippen molar-refractivity contribution in [3.63, 3.8) is 0 Å². The average Bonchev–Trinajstić information content (AvgIpc) is 2.92. The van der Waals surface area contributed by atoms with Crippen LogP contribution in [0.2, 0.25) is 0 Å². The Hall–Kier alpha value is -1.77. The van der Waals surface area contributed by atoms with E-state index in [1.54, 1.807) is 17.1 Å². The third-order valence-corrected chi connectivity index (χ3v) is 4.05. The molecular weight excluding hydrogens is 325 g/mol. The molecule has 2 rings (SSSR count). The van der Waals surface area contributed by atoms with Crippen molar-refractivity contribution >= 4 is 11.7 Å². The molecule has 2 amide bonds. The summed E-state index contributed by atoms with van der Waals surface area (Å²) < 4.78 is 39.3. The van der Waals surface area contributed by atoms with Crippen LogP contribution in [0, 0.1) is 11.8 Å². The molecule has 6 nitrogen and oxygen atoms in total. The zero-order valence-electron chi connectivity index (χ0n) is 13.8. The number of likely N-dealkylation sites (tertiary alicyclic amines) is 1. The van der Waals surface area contributed by atoms with Crippen molar-refractivity contribution in [1.82, 2.24) is 14.7 Å². The highest BCUT2D eigenvalue weighted by Crippen LogP contribution is 2.31. The number of rotatable bonds is 4. The van der Waals surface area contributed by atoms with Crippen molar-refractivity contribution in [1.29, 1.82) is 0 Å². The zero-order valence-corrected chi connectivity index (χ0v) is 13.8. The van der Waals surface area contributed by atoms with Gasteiger partial charge in [0.2, 0.25) is 0 Å². The Morgan fingerprint density at radius 3 is 2.58 bits per heavy atom. The minimum atomic E-state index is -4.61. The Balaban J connectivity index is 1.83. The minimum Gasteiger partial charge on any atom is -0.383 e. The number of amides is 2. The van der Waals surface area contributed by atoms with Gasteiger partial charge >= 0.3 is 12.2 Å². The summed E-state index contributed by atoms with van der Waals surface area (Å²) >= 11 is 0. The van der Waals surface area contributed by atoms with Gasteiger partial charge in [-0.05, 0) is 24.7 Å². The topological polar surface area (TPSA) is 70.4 Å². The number of hydrogen-bond acceptors (Lipinski definition) is 3. The van der Waals surface area contributed by atoms with Crippen LogP contribution in [0.5, 0.6) is 0 Å². The molecule has 0 bridgehead atoms. The molecule has 1 aromatic rings. The van der Waals surface area contributed by atoms with E-state index in [1.807, 2.05) is 0 Å². The second kappa shape index (κ2) is 7.42. The summed E-state index contributed by atoms with van der Waals surface area (Å²) in [5.74, 6) is -0.435. The van der Waals surface area contributed by atoms with E-state index >= 15 is 0 Å². The Morgan fingerprint density at radius 1 is 1.42 bits per heavy atom. The standard InChI is InChI=1S/C15H23F3N4O2/c1-10(2)8-22-9-12(7-19-22)20-14(24)21-5-3-11(4-6-21)13(23)15(16,17)18/h7,9-11,13,23H,3-6,8H2,1-2H3,(H,20,24). The van der Waals surface area contributed by atoms with Crippen molar-refractivity contribution in [3.8, 4) is 0 Å². The molecule has 2 N–H and O–H groups in total. The lowest BCUT2D eigenvalue weighted by Gasteiger charge is -2.34. The Morgan fingerprint density at radius 2 is 2.04 bits per heavy atom. The fourth-order valence-corrected chi connectivity index (χ4v) is 2.79. The van der Waals surface area contributed by atoms with Gasteiger partial charge in [0.15, 0.2) is 6.10 Å². The summed E-state index contributed by atoms with van der Waals surface area (Å²) in [7, 11) is 0. The molecule has 0 aliphatic carbocycles. The van der Waals surface area contributed by atoms with Crippen molar-refractivity contribution in [2.45, 2.75) is 45.5 Å². The average molecular weight is 348 g/mol. The van der Waals surface area contributed by atoms with Gasteiger partial charge in [0.05, 0.1) is 11.9 Å². The number of carbonyl (C=O) groups is 1. The maximum Gasteiger partial charge on any atom is 0.414 e. The molecule has 136 valence electrons. The fourth-order valence-electron chi connectivity index (χ4n) is 2.79. The highest BCUT2D eigenvalue weighted by atomic mass is 19.4. The monoisotopic (exact) mass is 348 g/mol. The molecule has 1 unspecified atom stereocenters. The third kappa shape index (κ3) is 4.86. The molecule has 1 fully saturated rings. The van der Waals surface area contributed by atoms with Crippen LogP contribution >= 0.6 is 0 Å². The quantitative estimate of drug-likeness (QED) is 0.879. The van der Waals surface area contributed by atoms with Crippen molar-refractivity contribution < 1.29 is 23.1 Å². The first kappa shape index (κ1) is 18.6. The number of nitrogens with zero attached hydrogens (tertiary/aromatic N) is 3. The Bertz CT molecular complexity index is 551. The highest BCUT2D eigenvalue weighted by molar-refractivity contribution is 5.89. The maximum atomic E-state index is 12.5. The lowest BCUT2D eigenvalue weighted by Crippen LogP contribution is -2.46. The number of halogens is 3. The van der Waals surface area contributed by atoms with E-state index < -0.39 is 18.2 Å². The number of alkyl halides is 3. The predicted octanol–water partition coefficient (Wildman–Crippen LogP) is 2.71. The van der Waals surface area contributed by atoms with Gasteiger partial charge in [0.25, 0.3) is 0 Å². The summed E-state index contributed by atoms with van der Waals surface area (Å²) in [6, 6.07) is -0.362.